The number of aromatic nitrogens is 2. The minimum atomic E-state index is -6.72. The molecule has 0 fully saturated rings. The summed E-state index contributed by atoms with van der Waals surface area (Å²) < 4.78 is 114. The van der Waals surface area contributed by atoms with Crippen LogP contribution >= 0.6 is 0 Å². The number of hydrogen-bond donors (Lipinski definition) is 0. The van der Waals surface area contributed by atoms with Crippen molar-refractivity contribution >= 4 is 20.0 Å². The summed E-state index contributed by atoms with van der Waals surface area (Å²) in [6.45, 7) is 11.0. The minimum absolute atomic E-state index is 0. The molecule has 7 nitrogen and oxygen atoms in total. The summed E-state index contributed by atoms with van der Waals surface area (Å²) >= 11 is 0. The lowest BCUT2D eigenvalue weighted by atomic mass is 10.3. The molecule has 2 aromatic rings. The average molecular weight is 661 g/mol. The molecule has 0 saturated heterocycles. The van der Waals surface area contributed by atoms with Crippen LogP contribution in [0.1, 0.15) is 50.7 Å². The Morgan fingerprint density at radius 3 is 1.50 bits per heavy atom. The zero-order valence-corrected chi connectivity index (χ0v) is 24.5. The van der Waals surface area contributed by atoms with E-state index in [1.807, 2.05) is 0 Å². The van der Waals surface area contributed by atoms with E-state index in [1.54, 1.807) is 0 Å². The van der Waals surface area contributed by atoms with Gasteiger partial charge in [-0.15, -0.1) is 0 Å². The van der Waals surface area contributed by atoms with Crippen LogP contribution in [-0.4, -0.2) is 27.9 Å². The topological polar surface area (TPSA) is 90.1 Å². The van der Waals surface area contributed by atoms with Gasteiger partial charge in [-0.25, -0.2) is 26.0 Å². The van der Waals surface area contributed by atoms with Gasteiger partial charge in [0.05, 0.1) is 0 Å². The van der Waals surface area contributed by atoms with E-state index in [0.29, 0.717) is 0 Å². The Morgan fingerprint density at radius 1 is 0.711 bits per heavy atom. The van der Waals surface area contributed by atoms with Crippen molar-refractivity contribution in [2.75, 3.05) is 0 Å². The van der Waals surface area contributed by atoms with Gasteiger partial charge in [-0.1, -0.05) is 26.7 Å². The molecular weight excluding hydrogens is 628 g/mol. The number of halogens is 7. The van der Waals surface area contributed by atoms with E-state index >= 15 is 0 Å². The molecule has 0 bridgehead atoms. The summed E-state index contributed by atoms with van der Waals surface area (Å²) in [4.78, 5) is 0. The number of alkyl halides is 6. The molecule has 0 saturated carbocycles. The molecule has 0 aliphatic heterocycles. The molecule has 220 valence electrons. The van der Waals surface area contributed by atoms with Crippen LogP contribution in [0.3, 0.4) is 0 Å². The number of aryl methyl sites for hydroxylation is 4. The predicted octanol–water partition coefficient (Wildman–Crippen LogP) is 2.23. The van der Waals surface area contributed by atoms with Crippen molar-refractivity contribution in [1.29, 1.82) is 0 Å². The zero-order chi connectivity index (χ0) is 28.9. The van der Waals surface area contributed by atoms with Crippen molar-refractivity contribution in [1.82, 2.24) is 0 Å². The van der Waals surface area contributed by atoms with Gasteiger partial charge in [0.25, 0.3) is 0 Å². The molecule has 0 N–H and O–H groups in total. The molecule has 0 amide bonds. The molecule has 0 radical (unpaired) electrons. The summed E-state index contributed by atoms with van der Waals surface area (Å²) in [6.07, 6.45) is 13.7. The summed E-state index contributed by atoms with van der Waals surface area (Å²) in [5, 5.41) is 0. The van der Waals surface area contributed by atoms with Crippen LogP contribution in [0, 0.1) is 13.8 Å². The first-order valence-electron chi connectivity index (χ1n) is 11.1. The van der Waals surface area contributed by atoms with Crippen molar-refractivity contribution in [2.45, 2.75) is 77.5 Å². The second-order valence-electron chi connectivity index (χ2n) is 7.86. The van der Waals surface area contributed by atoms with Gasteiger partial charge < -0.3 is 21.1 Å². The summed E-state index contributed by atoms with van der Waals surface area (Å²) in [5.74, 6) is 0. The first-order valence-corrected chi connectivity index (χ1v) is 14.0. The van der Waals surface area contributed by atoms with Crippen molar-refractivity contribution in [3.63, 3.8) is 0 Å². The molecule has 38 heavy (non-hydrogen) atoms. The molecule has 2 aromatic heterocycles. The zero-order valence-electron chi connectivity index (χ0n) is 21.3. The lowest BCUT2D eigenvalue weighted by Crippen LogP contribution is -3.00. The third kappa shape index (κ3) is 15.0. The Bertz CT molecular complexity index is 1120. The molecule has 0 aromatic carbocycles. The van der Waals surface area contributed by atoms with Gasteiger partial charge in [-0.05, 0) is 25.5 Å². The van der Waals surface area contributed by atoms with Crippen molar-refractivity contribution in [2.24, 2.45) is 0 Å². The Hall–Kier alpha value is -1.78. The Morgan fingerprint density at radius 2 is 1.13 bits per heavy atom. The lowest BCUT2D eigenvalue weighted by Gasteiger charge is -2.22. The largest absolute Gasteiger partial charge is 1.00 e. The Kier molecular flexibility index (Phi) is 17.2. The van der Waals surface area contributed by atoms with Crippen LogP contribution in [0.4, 0.5) is 26.3 Å². The van der Waals surface area contributed by atoms with Crippen molar-refractivity contribution in [3.05, 3.63) is 64.3 Å². The highest BCUT2D eigenvalue weighted by atomic mass is 79.9. The molecule has 0 aliphatic carbocycles. The second kappa shape index (κ2) is 17.0. The standard InChI is InChI=1S/2C10H16N.C2F6NO4S2.BrH/c1-3-4-7-11-8-5-10(2)6-9-11;1-3-4-7-11-8-5-6-10(2)9-11;3-1(4,5)14(10,11)9-15(12,13)2(6,7)8;/h2*5-6,8-9H,3-4,7H2,1-2H3;;1H/q2*+1;-1;/p-1. The lowest BCUT2D eigenvalue weighted by molar-refractivity contribution is -0.697. The second-order valence-corrected chi connectivity index (χ2v) is 11.3. The fourth-order valence-electron chi connectivity index (χ4n) is 2.37. The molecule has 0 unspecified atom stereocenters. The fourth-order valence-corrected chi connectivity index (χ4v) is 4.08. The minimum Gasteiger partial charge on any atom is -1.00 e. The SMILES string of the molecule is CCCC[n+]1ccc(C)cc1.CCCC[n+]1cccc(C)c1.O=S(=O)([N-]S(=O)(=O)C(F)(F)F)C(F)(F)F.[Br-]. The van der Waals surface area contributed by atoms with E-state index in [1.165, 1.54) is 36.8 Å². The highest BCUT2D eigenvalue weighted by Gasteiger charge is 2.46. The maximum atomic E-state index is 11.4. The monoisotopic (exact) mass is 659 g/mol. The van der Waals surface area contributed by atoms with Crippen LogP contribution in [0.5, 0.6) is 0 Å². The fraction of sp³-hybridized carbons (Fsp3) is 0.545. The maximum Gasteiger partial charge on any atom is 0.480 e. The molecule has 0 spiro atoms. The van der Waals surface area contributed by atoms with E-state index in [0.717, 1.165) is 17.2 Å². The van der Waals surface area contributed by atoms with Gasteiger partial charge in [0.2, 0.25) is 0 Å². The van der Waals surface area contributed by atoms with Gasteiger partial charge in [0.15, 0.2) is 44.8 Å². The predicted molar refractivity (Wildman–Crippen MR) is 126 cm³/mol. The van der Waals surface area contributed by atoms with E-state index in [4.69, 9.17) is 0 Å². The van der Waals surface area contributed by atoms with E-state index in [2.05, 4.69) is 85.9 Å². The Labute approximate surface area is 230 Å². The van der Waals surface area contributed by atoms with Crippen molar-refractivity contribution in [3.8, 4) is 0 Å². The van der Waals surface area contributed by atoms with Crippen LogP contribution < -0.4 is 26.1 Å². The van der Waals surface area contributed by atoms with E-state index in [-0.39, 0.29) is 17.0 Å². The van der Waals surface area contributed by atoms with Gasteiger partial charge in [0.1, 0.15) is 13.1 Å². The number of nitrogens with zero attached hydrogens (tertiary/aromatic N) is 3. The normalized spacial score (nSPS) is 11.8. The van der Waals surface area contributed by atoms with Crippen LogP contribution in [-0.2, 0) is 33.1 Å². The summed E-state index contributed by atoms with van der Waals surface area (Å²) in [5.41, 5.74) is -9.74. The molecule has 2 heterocycles. The van der Waals surface area contributed by atoms with Gasteiger partial charge in [0, 0.05) is 36.6 Å². The van der Waals surface area contributed by atoms with Gasteiger partial charge in [-0.2, -0.15) is 26.3 Å². The number of unbranched alkanes of at least 4 members (excludes halogenated alkanes) is 2. The van der Waals surface area contributed by atoms with E-state index < -0.39 is 31.1 Å². The molecule has 2 rings (SSSR count). The Balaban J connectivity index is 0. The van der Waals surface area contributed by atoms with Gasteiger partial charge in [-0.3, -0.25) is 0 Å². The molecule has 16 heteroatoms. The number of hydrogen-bond acceptors (Lipinski definition) is 4. The van der Waals surface area contributed by atoms with Gasteiger partial charge >= 0.3 is 11.0 Å². The number of sulfonamides is 2. The average Bonchev–Trinajstić information content (AvgIpc) is 2.76. The first-order chi connectivity index (χ1) is 16.9. The quantitative estimate of drug-likeness (QED) is 0.321. The number of rotatable bonds is 8. The van der Waals surface area contributed by atoms with Crippen LogP contribution in [0.15, 0.2) is 49.1 Å². The highest BCUT2D eigenvalue weighted by Crippen LogP contribution is 2.36. The third-order valence-corrected chi connectivity index (χ3v) is 7.12. The van der Waals surface area contributed by atoms with Crippen LogP contribution in [0.25, 0.3) is 4.13 Å². The smallest absolute Gasteiger partial charge is 0.480 e. The first kappa shape index (κ1) is 38.4. The molecular formula is C22H32BrF6N3O4S2. The summed E-state index contributed by atoms with van der Waals surface area (Å²) in [7, 11) is -13.4. The molecule has 0 atom stereocenters. The van der Waals surface area contributed by atoms with Crippen LogP contribution in [0.2, 0.25) is 0 Å². The molecule has 0 aliphatic rings. The summed E-state index contributed by atoms with van der Waals surface area (Å²) in [6, 6.07) is 8.53. The van der Waals surface area contributed by atoms with Crippen molar-refractivity contribution < 1.29 is 69.3 Å². The van der Waals surface area contributed by atoms with E-state index in [9.17, 15) is 43.2 Å². The number of pyridine rings is 2. The maximum absolute atomic E-state index is 11.4. The highest BCUT2D eigenvalue weighted by molar-refractivity contribution is 8.13. The third-order valence-electron chi connectivity index (χ3n) is 4.38.